The third-order valence-electron chi connectivity index (χ3n) is 6.33. The highest BCUT2D eigenvalue weighted by Crippen LogP contribution is 2.37. The molecular formula is C28H26FN5O. The number of nitrogens with one attached hydrogen (secondary N) is 1. The van der Waals surface area contributed by atoms with Crippen LogP contribution in [0.15, 0.2) is 85.2 Å². The first-order chi connectivity index (χ1) is 17.1. The van der Waals surface area contributed by atoms with Gasteiger partial charge in [-0.25, -0.2) is 14.4 Å². The Morgan fingerprint density at radius 3 is 2.60 bits per heavy atom. The van der Waals surface area contributed by atoms with Gasteiger partial charge in [-0.1, -0.05) is 36.4 Å². The van der Waals surface area contributed by atoms with Crippen molar-refractivity contribution in [1.82, 2.24) is 19.9 Å². The zero-order valence-electron chi connectivity index (χ0n) is 19.4. The molecule has 1 aliphatic heterocycles. The lowest BCUT2D eigenvalue weighted by Crippen LogP contribution is -2.40. The van der Waals surface area contributed by atoms with E-state index >= 15 is 0 Å². The van der Waals surface area contributed by atoms with Gasteiger partial charge in [-0.3, -0.25) is 9.78 Å². The van der Waals surface area contributed by atoms with Gasteiger partial charge in [-0.05, 0) is 48.7 Å². The number of amides is 1. The molecule has 7 heteroatoms. The molecule has 0 saturated carbocycles. The van der Waals surface area contributed by atoms with Crippen molar-refractivity contribution in [2.24, 2.45) is 0 Å². The van der Waals surface area contributed by atoms with Crippen LogP contribution in [0, 0.1) is 5.82 Å². The molecular weight excluding hydrogens is 441 g/mol. The molecule has 1 N–H and O–H groups in total. The summed E-state index contributed by atoms with van der Waals surface area (Å²) in [5.74, 6) is 0.906. The van der Waals surface area contributed by atoms with Gasteiger partial charge in [0.15, 0.2) is 0 Å². The summed E-state index contributed by atoms with van der Waals surface area (Å²) in [5.41, 5.74) is 3.32. The summed E-state index contributed by atoms with van der Waals surface area (Å²) in [6, 6.07) is 22.1. The maximum atomic E-state index is 13.8. The summed E-state index contributed by atoms with van der Waals surface area (Å²) < 4.78 is 13.8. The number of hydrogen-bond donors (Lipinski definition) is 1. The SMILES string of the molecule is CC(=O)N1CC(c2nc(Nc3cccc(F)c3)cc(-c3cccnc3)n2)CCC1c1ccccc1. The van der Waals surface area contributed by atoms with Gasteiger partial charge >= 0.3 is 0 Å². The third kappa shape index (κ3) is 5.19. The molecule has 1 fully saturated rings. The average Bonchev–Trinajstić information content (AvgIpc) is 2.89. The van der Waals surface area contributed by atoms with Crippen LogP contribution in [0.3, 0.4) is 0 Å². The Morgan fingerprint density at radius 1 is 1.00 bits per heavy atom. The van der Waals surface area contributed by atoms with Gasteiger partial charge < -0.3 is 10.2 Å². The van der Waals surface area contributed by atoms with Gasteiger partial charge in [0.1, 0.15) is 17.5 Å². The summed E-state index contributed by atoms with van der Waals surface area (Å²) in [6.45, 7) is 2.15. The van der Waals surface area contributed by atoms with Gasteiger partial charge in [0, 0.05) is 49.1 Å². The molecule has 2 aromatic heterocycles. The smallest absolute Gasteiger partial charge is 0.219 e. The highest BCUT2D eigenvalue weighted by Gasteiger charge is 2.33. The molecule has 1 amide bonds. The Labute approximate surface area is 203 Å². The Balaban J connectivity index is 1.49. The predicted octanol–water partition coefficient (Wildman–Crippen LogP) is 5.89. The maximum absolute atomic E-state index is 13.8. The minimum atomic E-state index is -0.326. The van der Waals surface area contributed by atoms with E-state index in [1.54, 1.807) is 31.5 Å². The van der Waals surface area contributed by atoms with Crippen molar-refractivity contribution >= 4 is 17.4 Å². The van der Waals surface area contributed by atoms with Crippen molar-refractivity contribution in [2.75, 3.05) is 11.9 Å². The standard InChI is InChI=1S/C28H26FN5O/c1-19(35)34-18-22(12-13-26(34)20-7-3-2-4-8-20)28-32-25(21-9-6-14-30-17-21)16-27(33-28)31-24-11-5-10-23(29)15-24/h2-11,14-17,22,26H,12-13,18H2,1H3,(H,31,32,33). The minimum absolute atomic E-state index is 0.0245. The highest BCUT2D eigenvalue weighted by atomic mass is 19.1. The van der Waals surface area contributed by atoms with Crippen LogP contribution in [-0.4, -0.2) is 32.3 Å². The van der Waals surface area contributed by atoms with Crippen molar-refractivity contribution in [2.45, 2.75) is 31.7 Å². The summed E-state index contributed by atoms with van der Waals surface area (Å²) >= 11 is 0. The average molecular weight is 468 g/mol. The van der Waals surface area contributed by atoms with E-state index in [-0.39, 0.29) is 23.7 Å². The van der Waals surface area contributed by atoms with Crippen LogP contribution in [0.4, 0.5) is 15.9 Å². The molecule has 0 aliphatic carbocycles. The molecule has 2 unspecified atom stereocenters. The Hall–Kier alpha value is -4.13. The van der Waals surface area contributed by atoms with Crippen LogP contribution in [-0.2, 0) is 4.79 Å². The Bertz CT molecular complexity index is 1320. The second-order valence-electron chi connectivity index (χ2n) is 8.75. The molecule has 1 saturated heterocycles. The molecule has 35 heavy (non-hydrogen) atoms. The van der Waals surface area contributed by atoms with E-state index < -0.39 is 0 Å². The highest BCUT2D eigenvalue weighted by molar-refractivity contribution is 5.74. The predicted molar refractivity (Wildman–Crippen MR) is 133 cm³/mol. The number of nitrogens with zero attached hydrogens (tertiary/aromatic N) is 4. The number of anilines is 2. The van der Waals surface area contributed by atoms with Crippen LogP contribution >= 0.6 is 0 Å². The molecule has 0 radical (unpaired) electrons. The normalized spacial score (nSPS) is 17.7. The van der Waals surface area contributed by atoms with Crippen LogP contribution in [0.25, 0.3) is 11.3 Å². The number of halogens is 1. The molecule has 1 aliphatic rings. The van der Waals surface area contributed by atoms with Crippen LogP contribution in [0.1, 0.15) is 43.1 Å². The van der Waals surface area contributed by atoms with E-state index in [0.717, 1.165) is 29.7 Å². The molecule has 2 atom stereocenters. The number of hydrogen-bond acceptors (Lipinski definition) is 5. The monoisotopic (exact) mass is 467 g/mol. The fourth-order valence-corrected chi connectivity index (χ4v) is 4.64. The van der Waals surface area contributed by atoms with Gasteiger partial charge in [-0.15, -0.1) is 0 Å². The van der Waals surface area contributed by atoms with Gasteiger partial charge in [0.05, 0.1) is 11.7 Å². The van der Waals surface area contributed by atoms with Crippen molar-refractivity contribution in [3.05, 3.63) is 102 Å². The van der Waals surface area contributed by atoms with Crippen LogP contribution < -0.4 is 5.32 Å². The first kappa shape index (κ1) is 22.7. The first-order valence-electron chi connectivity index (χ1n) is 11.7. The lowest BCUT2D eigenvalue weighted by atomic mass is 9.88. The summed E-state index contributed by atoms with van der Waals surface area (Å²) in [4.78, 5) is 28.4. The zero-order valence-corrected chi connectivity index (χ0v) is 19.4. The van der Waals surface area contributed by atoms with Gasteiger partial charge in [-0.2, -0.15) is 0 Å². The number of benzene rings is 2. The fraction of sp³-hybridized carbons (Fsp3) is 0.214. The molecule has 176 valence electrons. The first-order valence-corrected chi connectivity index (χ1v) is 11.7. The molecule has 0 spiro atoms. The number of carbonyl (C=O) groups is 1. The lowest BCUT2D eigenvalue weighted by molar-refractivity contribution is -0.133. The number of likely N-dealkylation sites (tertiary alicyclic amines) is 1. The number of carbonyl (C=O) groups excluding carboxylic acids is 1. The van der Waals surface area contributed by atoms with Crippen molar-refractivity contribution in [3.63, 3.8) is 0 Å². The van der Waals surface area contributed by atoms with Crippen molar-refractivity contribution < 1.29 is 9.18 Å². The maximum Gasteiger partial charge on any atom is 0.219 e. The number of rotatable bonds is 5. The number of aromatic nitrogens is 3. The van der Waals surface area contributed by atoms with E-state index in [4.69, 9.17) is 9.97 Å². The molecule has 6 nitrogen and oxygen atoms in total. The van der Waals surface area contributed by atoms with Gasteiger partial charge in [0.25, 0.3) is 0 Å². The third-order valence-corrected chi connectivity index (χ3v) is 6.33. The summed E-state index contributed by atoms with van der Waals surface area (Å²) in [5, 5.41) is 3.21. The molecule has 0 bridgehead atoms. The minimum Gasteiger partial charge on any atom is -0.340 e. The lowest BCUT2D eigenvalue weighted by Gasteiger charge is -2.39. The number of piperidine rings is 1. The van der Waals surface area contributed by atoms with Crippen LogP contribution in [0.5, 0.6) is 0 Å². The van der Waals surface area contributed by atoms with Crippen LogP contribution in [0.2, 0.25) is 0 Å². The summed E-state index contributed by atoms with van der Waals surface area (Å²) in [6.07, 6.45) is 5.14. The second kappa shape index (κ2) is 10.0. The van der Waals surface area contributed by atoms with E-state index in [0.29, 0.717) is 23.9 Å². The molecule has 2 aromatic carbocycles. The zero-order chi connectivity index (χ0) is 24.2. The van der Waals surface area contributed by atoms with Gasteiger partial charge in [0.2, 0.25) is 5.91 Å². The number of pyridine rings is 1. The van der Waals surface area contributed by atoms with E-state index in [1.165, 1.54) is 12.1 Å². The van der Waals surface area contributed by atoms with E-state index in [1.807, 2.05) is 41.3 Å². The van der Waals surface area contributed by atoms with E-state index in [9.17, 15) is 9.18 Å². The largest absolute Gasteiger partial charge is 0.340 e. The topological polar surface area (TPSA) is 71.0 Å². The summed E-state index contributed by atoms with van der Waals surface area (Å²) in [7, 11) is 0. The van der Waals surface area contributed by atoms with Crippen molar-refractivity contribution in [3.8, 4) is 11.3 Å². The Morgan fingerprint density at radius 2 is 1.86 bits per heavy atom. The Kier molecular flexibility index (Phi) is 6.48. The fourth-order valence-electron chi connectivity index (χ4n) is 4.64. The molecule has 4 aromatic rings. The van der Waals surface area contributed by atoms with Crippen molar-refractivity contribution in [1.29, 1.82) is 0 Å². The second-order valence-corrected chi connectivity index (χ2v) is 8.75. The molecule has 3 heterocycles. The van der Waals surface area contributed by atoms with E-state index in [2.05, 4.69) is 22.4 Å². The quantitative estimate of drug-likeness (QED) is 0.396. The molecule has 5 rings (SSSR count).